The normalized spacial score (nSPS) is 14.3. The van der Waals surface area contributed by atoms with Gasteiger partial charge in [-0.2, -0.15) is 11.8 Å². The highest BCUT2D eigenvalue weighted by Gasteiger charge is 2.32. The Labute approximate surface area is 318 Å². The smallest absolute Gasteiger partial charge is 0.322 e. The van der Waals surface area contributed by atoms with E-state index in [1.165, 1.54) is 62.0 Å². The molecule has 0 aromatic heterocycles. The van der Waals surface area contributed by atoms with Gasteiger partial charge in [0.1, 0.15) is 48.3 Å². The molecule has 6 amide bonds. The van der Waals surface area contributed by atoms with E-state index in [2.05, 4.69) is 31.9 Å². The predicted octanol–water partition coefficient (Wildman–Crippen LogP) is -0.716. The van der Waals surface area contributed by atoms with Crippen LogP contribution in [0.15, 0.2) is 48.5 Å². The molecule has 2 rings (SSSR count). The van der Waals surface area contributed by atoms with Crippen LogP contribution in [0.3, 0.4) is 0 Å². The minimum absolute atomic E-state index is 0.00577. The first-order chi connectivity index (χ1) is 25.4. The molecule has 0 radical (unpaired) electrons. The molecule has 54 heavy (non-hydrogen) atoms. The van der Waals surface area contributed by atoms with Crippen LogP contribution < -0.4 is 37.6 Å². The molecule has 6 atom stereocenters. The number of aromatic hydroxyl groups is 2. The number of thioether (sulfide) groups is 1. The summed E-state index contributed by atoms with van der Waals surface area (Å²) in [6, 6.07) is 4.99. The van der Waals surface area contributed by atoms with Gasteiger partial charge in [0.05, 0.1) is 6.04 Å². The molecular formula is C36H51N7O10S. The molecule has 11 N–H and O–H groups in total. The lowest BCUT2D eigenvalue weighted by Gasteiger charge is -2.27. The molecule has 0 unspecified atom stereocenters. The van der Waals surface area contributed by atoms with Gasteiger partial charge in [0, 0.05) is 12.8 Å². The number of amides is 6. The Morgan fingerprint density at radius 1 is 0.630 bits per heavy atom. The highest BCUT2D eigenvalue weighted by atomic mass is 32.2. The van der Waals surface area contributed by atoms with Crippen molar-refractivity contribution in [2.45, 2.75) is 83.2 Å². The third kappa shape index (κ3) is 15.3. The van der Waals surface area contributed by atoms with Gasteiger partial charge in [0.2, 0.25) is 35.4 Å². The maximum atomic E-state index is 13.7. The Bertz CT molecular complexity index is 1610. The number of phenols is 2. The first-order valence-electron chi connectivity index (χ1n) is 17.2. The monoisotopic (exact) mass is 773 g/mol. The number of hydrogen-bond donors (Lipinski definition) is 10. The van der Waals surface area contributed by atoms with Gasteiger partial charge in [-0.1, -0.05) is 38.1 Å². The number of carboxylic acid groups (broad SMARTS) is 1. The van der Waals surface area contributed by atoms with Crippen LogP contribution >= 0.6 is 11.8 Å². The Kier molecular flexibility index (Phi) is 18.2. The first kappa shape index (κ1) is 44.8. The fourth-order valence-electron chi connectivity index (χ4n) is 4.96. The summed E-state index contributed by atoms with van der Waals surface area (Å²) in [6.45, 7) is 5.37. The van der Waals surface area contributed by atoms with Crippen LogP contribution in [-0.4, -0.2) is 112 Å². The average Bonchev–Trinajstić information content (AvgIpc) is 3.12. The van der Waals surface area contributed by atoms with Gasteiger partial charge < -0.3 is 53.0 Å². The Morgan fingerprint density at radius 3 is 1.54 bits per heavy atom. The van der Waals surface area contributed by atoms with Crippen LogP contribution in [0.1, 0.15) is 45.2 Å². The summed E-state index contributed by atoms with van der Waals surface area (Å²) in [7, 11) is 0. The van der Waals surface area contributed by atoms with Crippen molar-refractivity contribution in [3.63, 3.8) is 0 Å². The van der Waals surface area contributed by atoms with Crippen molar-refractivity contribution < 1.29 is 48.9 Å². The largest absolute Gasteiger partial charge is 0.508 e. The second kappa shape index (κ2) is 22.0. The fraction of sp³-hybridized carbons (Fsp3) is 0.472. The van der Waals surface area contributed by atoms with Crippen molar-refractivity contribution in [1.82, 2.24) is 31.9 Å². The van der Waals surface area contributed by atoms with E-state index in [-0.39, 0.29) is 24.3 Å². The molecule has 2 aromatic carbocycles. The summed E-state index contributed by atoms with van der Waals surface area (Å²) in [5, 5.41) is 43.3. The third-order valence-corrected chi connectivity index (χ3v) is 8.80. The summed E-state index contributed by atoms with van der Waals surface area (Å²) >= 11 is 1.51. The van der Waals surface area contributed by atoms with Crippen molar-refractivity contribution in [2.75, 3.05) is 18.6 Å². The van der Waals surface area contributed by atoms with Crippen molar-refractivity contribution in [2.24, 2.45) is 11.7 Å². The molecular weight excluding hydrogens is 723 g/mol. The van der Waals surface area contributed by atoms with Crippen LogP contribution in [0.5, 0.6) is 11.5 Å². The highest BCUT2D eigenvalue weighted by Crippen LogP contribution is 2.14. The SMILES string of the molecule is CSCC[C@@H](N)C(=O)N[C@H](Cc1ccc(O)cc1)C(=O)N[C@H](C)C(=O)N[C@H](Cc1ccc(O)cc1)C(=O)N[C@@H](C(=O)N[C@H](C)C(=O)NCC(=O)O)C(C)C. The minimum atomic E-state index is -1.30. The van der Waals surface area contributed by atoms with Gasteiger partial charge in [-0.25, -0.2) is 0 Å². The van der Waals surface area contributed by atoms with E-state index in [4.69, 9.17) is 10.8 Å². The zero-order chi connectivity index (χ0) is 40.5. The van der Waals surface area contributed by atoms with E-state index in [9.17, 15) is 43.8 Å². The molecule has 17 nitrogen and oxygen atoms in total. The summed E-state index contributed by atoms with van der Waals surface area (Å²) in [4.78, 5) is 90.0. The molecule has 0 aliphatic carbocycles. The number of carbonyl (C=O) groups excluding carboxylic acids is 6. The van der Waals surface area contributed by atoms with Crippen LogP contribution in [0.4, 0.5) is 0 Å². The average molecular weight is 774 g/mol. The molecule has 0 aliphatic heterocycles. The van der Waals surface area contributed by atoms with Crippen LogP contribution in [0, 0.1) is 5.92 Å². The molecule has 0 fully saturated rings. The van der Waals surface area contributed by atoms with E-state index >= 15 is 0 Å². The lowest BCUT2D eigenvalue weighted by Crippen LogP contribution is -2.60. The quantitative estimate of drug-likeness (QED) is 0.0753. The highest BCUT2D eigenvalue weighted by molar-refractivity contribution is 7.98. The van der Waals surface area contributed by atoms with E-state index in [1.54, 1.807) is 26.0 Å². The summed E-state index contributed by atoms with van der Waals surface area (Å²) in [5.74, 6) is -5.49. The Morgan fingerprint density at radius 2 is 1.07 bits per heavy atom. The second-order valence-corrected chi connectivity index (χ2v) is 14.0. The molecule has 0 saturated heterocycles. The van der Waals surface area contributed by atoms with Gasteiger partial charge in [-0.3, -0.25) is 33.6 Å². The number of rotatable bonds is 21. The van der Waals surface area contributed by atoms with Crippen molar-refractivity contribution >= 4 is 53.2 Å². The van der Waals surface area contributed by atoms with E-state index in [0.717, 1.165) is 0 Å². The van der Waals surface area contributed by atoms with Crippen LogP contribution in [0.2, 0.25) is 0 Å². The predicted molar refractivity (Wildman–Crippen MR) is 201 cm³/mol. The third-order valence-electron chi connectivity index (χ3n) is 8.15. The lowest BCUT2D eigenvalue weighted by atomic mass is 10.00. The second-order valence-electron chi connectivity index (χ2n) is 13.1. The number of phenolic OH excluding ortho intramolecular Hbond substituents is 2. The number of aliphatic carboxylic acids is 1. The Hall–Kier alpha value is -5.36. The fourth-order valence-corrected chi connectivity index (χ4v) is 5.45. The van der Waals surface area contributed by atoms with Crippen molar-refractivity contribution in [1.29, 1.82) is 0 Å². The molecule has 2 aromatic rings. The number of benzene rings is 2. The number of nitrogens with two attached hydrogens (primary N) is 1. The van der Waals surface area contributed by atoms with Gasteiger partial charge in [-0.15, -0.1) is 0 Å². The summed E-state index contributed by atoms with van der Waals surface area (Å²) in [6.07, 6.45) is 2.15. The van der Waals surface area contributed by atoms with Crippen LogP contribution in [0.25, 0.3) is 0 Å². The number of carboxylic acids is 1. The molecule has 18 heteroatoms. The topological polar surface area (TPSA) is 278 Å². The summed E-state index contributed by atoms with van der Waals surface area (Å²) in [5.41, 5.74) is 7.17. The molecule has 0 aliphatic rings. The molecule has 0 saturated carbocycles. The maximum Gasteiger partial charge on any atom is 0.322 e. The molecule has 0 heterocycles. The Balaban J connectivity index is 2.26. The van der Waals surface area contributed by atoms with Crippen molar-refractivity contribution in [3.05, 3.63) is 59.7 Å². The van der Waals surface area contributed by atoms with Gasteiger partial charge in [0.25, 0.3) is 0 Å². The zero-order valence-electron chi connectivity index (χ0n) is 30.9. The van der Waals surface area contributed by atoms with E-state index in [1.807, 2.05) is 6.26 Å². The lowest BCUT2D eigenvalue weighted by molar-refractivity contribution is -0.138. The first-order valence-corrected chi connectivity index (χ1v) is 18.6. The zero-order valence-corrected chi connectivity index (χ0v) is 31.7. The number of hydrogen-bond acceptors (Lipinski definition) is 11. The van der Waals surface area contributed by atoms with Gasteiger partial charge in [0.15, 0.2) is 0 Å². The van der Waals surface area contributed by atoms with E-state index in [0.29, 0.717) is 23.3 Å². The summed E-state index contributed by atoms with van der Waals surface area (Å²) < 4.78 is 0. The molecule has 296 valence electrons. The standard InChI is InChI=1S/C36H51N7O10S/c1-19(2)30(36(53)40-20(3)31(48)38-18-29(46)47)43-35(52)28(17-23-8-12-25(45)13-9-23)41-32(49)21(4)39-34(51)27(16-22-6-10-24(44)11-7-22)42-33(50)26(37)14-15-54-5/h6-13,19-21,26-28,30,44-45H,14-18,37H2,1-5H3,(H,38,48)(H,39,51)(H,40,53)(H,41,49)(H,42,50)(H,43,52)(H,46,47)/t20-,21-,26-,27-,28-,30-/m1/s1. The number of nitrogens with one attached hydrogen (secondary N) is 6. The number of carbonyl (C=O) groups is 7. The van der Waals surface area contributed by atoms with Gasteiger partial charge in [-0.05, 0) is 73.6 Å². The molecule has 0 bridgehead atoms. The molecule has 0 spiro atoms. The maximum absolute atomic E-state index is 13.7. The minimum Gasteiger partial charge on any atom is -0.508 e. The van der Waals surface area contributed by atoms with Crippen molar-refractivity contribution in [3.8, 4) is 11.5 Å². The van der Waals surface area contributed by atoms with E-state index < -0.39 is 90.1 Å². The van der Waals surface area contributed by atoms with Gasteiger partial charge >= 0.3 is 5.97 Å². The van der Waals surface area contributed by atoms with Crippen LogP contribution in [-0.2, 0) is 46.4 Å².